The summed E-state index contributed by atoms with van der Waals surface area (Å²) in [7, 11) is 0. The number of allylic oxidation sites excluding steroid dienone is 1. The Kier molecular flexibility index (Phi) is 2.76. The summed E-state index contributed by atoms with van der Waals surface area (Å²) in [5.74, 6) is 0. The molecule has 1 unspecified atom stereocenters. The van der Waals surface area contributed by atoms with Crippen LogP contribution in [-0.2, 0) is 0 Å². The third kappa shape index (κ3) is 2.36. The lowest BCUT2D eigenvalue weighted by Crippen LogP contribution is -2.36. The van der Waals surface area contributed by atoms with Crippen LogP contribution in [0.25, 0.3) is 5.57 Å². The summed E-state index contributed by atoms with van der Waals surface area (Å²) in [6.45, 7) is 2.09. The van der Waals surface area contributed by atoms with E-state index < -0.39 is 0 Å². The van der Waals surface area contributed by atoms with Gasteiger partial charge in [0.15, 0.2) is 6.29 Å². The van der Waals surface area contributed by atoms with Crippen molar-refractivity contribution < 1.29 is 4.79 Å². The number of nitrogens with two attached hydrogens (primary N) is 1. The number of carbonyl (C=O) groups excluding carboxylic acids is 1. The van der Waals surface area contributed by atoms with Gasteiger partial charge in [-0.05, 0) is 48.8 Å². The summed E-state index contributed by atoms with van der Waals surface area (Å²) in [5.41, 5.74) is 8.53. The number of rotatable bonds is 2. The molecule has 0 radical (unpaired) electrons. The number of hydrogen-bond donors (Lipinski definition) is 1. The molecule has 0 saturated heterocycles. The van der Waals surface area contributed by atoms with Crippen molar-refractivity contribution in [2.75, 3.05) is 0 Å². The van der Waals surface area contributed by atoms with E-state index in [-0.39, 0.29) is 5.54 Å². The third-order valence-electron chi connectivity index (χ3n) is 2.89. The standard InChI is InChI=1S/C12H15NOS/c1-12(13)4-2-9(3-5-12)10-6-11(7-14)15-8-10/h2,6-8H,3-5,13H2,1H3. The molecule has 2 rings (SSSR count). The van der Waals surface area contributed by atoms with Crippen LogP contribution < -0.4 is 5.73 Å². The highest BCUT2D eigenvalue weighted by Gasteiger charge is 2.22. The zero-order valence-electron chi connectivity index (χ0n) is 8.82. The number of hydrogen-bond acceptors (Lipinski definition) is 3. The van der Waals surface area contributed by atoms with Crippen molar-refractivity contribution in [2.24, 2.45) is 5.73 Å². The molecule has 0 aliphatic heterocycles. The van der Waals surface area contributed by atoms with Crippen LogP contribution in [0, 0.1) is 0 Å². The van der Waals surface area contributed by atoms with Gasteiger partial charge in [-0.1, -0.05) is 6.08 Å². The first-order valence-corrected chi connectivity index (χ1v) is 6.01. The Balaban J connectivity index is 2.19. The van der Waals surface area contributed by atoms with Crippen LogP contribution in [-0.4, -0.2) is 11.8 Å². The van der Waals surface area contributed by atoms with E-state index in [1.807, 2.05) is 6.07 Å². The van der Waals surface area contributed by atoms with Crippen LogP contribution in [0.3, 0.4) is 0 Å². The maximum atomic E-state index is 10.6. The smallest absolute Gasteiger partial charge is 0.160 e. The molecule has 0 saturated carbocycles. The van der Waals surface area contributed by atoms with Crippen LogP contribution in [0.5, 0.6) is 0 Å². The van der Waals surface area contributed by atoms with Crippen molar-refractivity contribution in [3.8, 4) is 0 Å². The average molecular weight is 221 g/mol. The molecule has 15 heavy (non-hydrogen) atoms. The van der Waals surface area contributed by atoms with E-state index in [1.165, 1.54) is 22.5 Å². The normalized spacial score (nSPS) is 26.1. The highest BCUT2D eigenvalue weighted by Crippen LogP contribution is 2.32. The Morgan fingerprint density at radius 2 is 2.40 bits per heavy atom. The van der Waals surface area contributed by atoms with Gasteiger partial charge in [-0.2, -0.15) is 0 Å². The zero-order chi connectivity index (χ0) is 10.9. The summed E-state index contributed by atoms with van der Waals surface area (Å²) in [6, 6.07) is 1.96. The highest BCUT2D eigenvalue weighted by atomic mass is 32.1. The van der Waals surface area contributed by atoms with Crippen molar-refractivity contribution in [3.63, 3.8) is 0 Å². The predicted octanol–water partition coefficient (Wildman–Crippen LogP) is 2.85. The number of aldehydes is 1. The first-order chi connectivity index (χ1) is 7.11. The average Bonchev–Trinajstić information content (AvgIpc) is 2.66. The van der Waals surface area contributed by atoms with Crippen molar-refractivity contribution in [2.45, 2.75) is 31.7 Å². The van der Waals surface area contributed by atoms with Crippen molar-refractivity contribution in [1.82, 2.24) is 0 Å². The molecule has 0 spiro atoms. The van der Waals surface area contributed by atoms with Gasteiger partial charge in [0.25, 0.3) is 0 Å². The highest BCUT2D eigenvalue weighted by molar-refractivity contribution is 7.11. The van der Waals surface area contributed by atoms with Gasteiger partial charge in [-0.25, -0.2) is 0 Å². The SMILES string of the molecule is CC1(N)CC=C(c2csc(C=O)c2)CC1. The maximum Gasteiger partial charge on any atom is 0.160 e. The Bertz CT molecular complexity index is 404. The van der Waals surface area contributed by atoms with Gasteiger partial charge in [0.2, 0.25) is 0 Å². The third-order valence-corrected chi connectivity index (χ3v) is 3.74. The second-order valence-electron chi connectivity index (χ2n) is 4.44. The molecule has 1 aliphatic carbocycles. The number of thiophene rings is 1. The van der Waals surface area contributed by atoms with Gasteiger partial charge in [-0.15, -0.1) is 11.3 Å². The second-order valence-corrected chi connectivity index (χ2v) is 5.39. The van der Waals surface area contributed by atoms with Crippen molar-refractivity contribution in [1.29, 1.82) is 0 Å². The van der Waals surface area contributed by atoms with E-state index in [9.17, 15) is 4.79 Å². The van der Waals surface area contributed by atoms with Crippen LogP contribution in [0.2, 0.25) is 0 Å². The van der Waals surface area contributed by atoms with Gasteiger partial charge in [-0.3, -0.25) is 4.79 Å². The molecular weight excluding hydrogens is 206 g/mol. The minimum Gasteiger partial charge on any atom is -0.325 e. The fourth-order valence-corrected chi connectivity index (χ4v) is 2.56. The van der Waals surface area contributed by atoms with E-state index in [0.717, 1.165) is 30.4 Å². The molecule has 1 aromatic heterocycles. The Morgan fingerprint density at radius 1 is 1.60 bits per heavy atom. The molecule has 3 heteroatoms. The molecule has 1 heterocycles. The van der Waals surface area contributed by atoms with E-state index in [0.29, 0.717) is 0 Å². The largest absolute Gasteiger partial charge is 0.325 e. The monoisotopic (exact) mass is 221 g/mol. The number of carbonyl (C=O) groups is 1. The van der Waals surface area contributed by atoms with E-state index in [1.54, 1.807) is 0 Å². The van der Waals surface area contributed by atoms with Crippen molar-refractivity contribution in [3.05, 3.63) is 28.0 Å². The summed E-state index contributed by atoms with van der Waals surface area (Å²) in [6.07, 6.45) is 6.08. The van der Waals surface area contributed by atoms with Gasteiger partial charge in [0, 0.05) is 5.54 Å². The molecule has 0 amide bonds. The summed E-state index contributed by atoms with van der Waals surface area (Å²) < 4.78 is 0. The molecule has 2 N–H and O–H groups in total. The van der Waals surface area contributed by atoms with Crippen LogP contribution in [0.15, 0.2) is 17.5 Å². The zero-order valence-corrected chi connectivity index (χ0v) is 9.64. The lowest BCUT2D eigenvalue weighted by Gasteiger charge is -2.28. The fraction of sp³-hybridized carbons (Fsp3) is 0.417. The van der Waals surface area contributed by atoms with Crippen LogP contribution in [0.4, 0.5) is 0 Å². The van der Waals surface area contributed by atoms with Gasteiger partial charge >= 0.3 is 0 Å². The van der Waals surface area contributed by atoms with Gasteiger partial charge in [0.05, 0.1) is 4.88 Å². The van der Waals surface area contributed by atoms with Gasteiger partial charge < -0.3 is 5.73 Å². The van der Waals surface area contributed by atoms with Crippen LogP contribution in [0.1, 0.15) is 41.4 Å². The van der Waals surface area contributed by atoms with Crippen LogP contribution >= 0.6 is 11.3 Å². The first-order valence-electron chi connectivity index (χ1n) is 5.13. The summed E-state index contributed by atoms with van der Waals surface area (Å²) >= 11 is 1.50. The molecule has 1 atom stereocenters. The summed E-state index contributed by atoms with van der Waals surface area (Å²) in [4.78, 5) is 11.4. The van der Waals surface area contributed by atoms with E-state index in [2.05, 4.69) is 18.4 Å². The maximum absolute atomic E-state index is 10.6. The Hall–Kier alpha value is -0.930. The molecular formula is C12H15NOS. The minimum absolute atomic E-state index is 0.0486. The second kappa shape index (κ2) is 3.91. The minimum atomic E-state index is -0.0486. The molecule has 1 aliphatic rings. The molecule has 1 aromatic rings. The topological polar surface area (TPSA) is 43.1 Å². The quantitative estimate of drug-likeness (QED) is 0.780. The van der Waals surface area contributed by atoms with Gasteiger partial charge in [0.1, 0.15) is 0 Å². The summed E-state index contributed by atoms with van der Waals surface area (Å²) in [5, 5.41) is 2.05. The predicted molar refractivity (Wildman–Crippen MR) is 64.1 cm³/mol. The Labute approximate surface area is 93.8 Å². The molecule has 80 valence electrons. The lowest BCUT2D eigenvalue weighted by atomic mass is 9.83. The lowest BCUT2D eigenvalue weighted by molar-refractivity contribution is 0.112. The van der Waals surface area contributed by atoms with E-state index in [4.69, 9.17) is 5.73 Å². The molecule has 0 bridgehead atoms. The molecule has 0 aromatic carbocycles. The molecule has 2 nitrogen and oxygen atoms in total. The fourth-order valence-electron chi connectivity index (χ4n) is 1.83. The van der Waals surface area contributed by atoms with E-state index >= 15 is 0 Å². The first kappa shape index (κ1) is 10.6. The Morgan fingerprint density at radius 3 is 2.93 bits per heavy atom. The van der Waals surface area contributed by atoms with Crippen molar-refractivity contribution >= 4 is 23.2 Å². The molecule has 0 fully saturated rings.